The van der Waals surface area contributed by atoms with Gasteiger partial charge in [0.15, 0.2) is 0 Å². The monoisotopic (exact) mass is 225 g/mol. The number of thiazole rings is 1. The molecule has 1 aliphatic rings. The Labute approximate surface area is 88.9 Å². The summed E-state index contributed by atoms with van der Waals surface area (Å²) >= 11 is 1.38. The number of aryl methyl sites for hydroxylation is 1. The van der Waals surface area contributed by atoms with Crippen molar-refractivity contribution in [2.45, 2.75) is 13.5 Å². The average Bonchev–Trinajstić information content (AvgIpc) is 2.67. The van der Waals surface area contributed by atoms with E-state index >= 15 is 0 Å². The Balaban J connectivity index is 2.16. The van der Waals surface area contributed by atoms with Crippen LogP contribution in [0.5, 0.6) is 0 Å². The van der Waals surface area contributed by atoms with E-state index in [4.69, 9.17) is 0 Å². The molecule has 2 heterocycles. The van der Waals surface area contributed by atoms with E-state index in [0.29, 0.717) is 5.01 Å². The highest BCUT2D eigenvalue weighted by atomic mass is 32.1. The van der Waals surface area contributed by atoms with Gasteiger partial charge in [-0.25, -0.2) is 14.7 Å². The summed E-state index contributed by atoms with van der Waals surface area (Å²) < 4.78 is 0. The number of hydrogen-bond donors (Lipinski definition) is 1. The van der Waals surface area contributed by atoms with Crippen LogP contribution in [0, 0.1) is 6.92 Å². The lowest BCUT2D eigenvalue weighted by atomic mass is 10.5. The molecule has 0 unspecified atom stereocenters. The second-order valence-electron chi connectivity index (χ2n) is 3.02. The van der Waals surface area contributed by atoms with Crippen molar-refractivity contribution in [1.82, 2.24) is 15.2 Å². The highest BCUT2D eigenvalue weighted by Gasteiger charge is 2.37. The van der Waals surface area contributed by atoms with E-state index in [2.05, 4.69) is 4.98 Å². The molecule has 0 saturated carbocycles. The van der Waals surface area contributed by atoms with E-state index in [1.165, 1.54) is 11.3 Å². The van der Waals surface area contributed by atoms with E-state index in [-0.39, 0.29) is 6.54 Å². The van der Waals surface area contributed by atoms with Crippen molar-refractivity contribution in [3.8, 4) is 0 Å². The first-order chi connectivity index (χ1) is 7.08. The number of aromatic nitrogens is 1. The molecule has 1 fully saturated rings. The number of rotatable bonds is 2. The normalized spacial score (nSPS) is 16.1. The molecule has 4 amide bonds. The first-order valence-electron chi connectivity index (χ1n) is 4.16. The fourth-order valence-corrected chi connectivity index (χ4v) is 1.96. The predicted molar refractivity (Wildman–Crippen MR) is 50.9 cm³/mol. The number of nitrogens with zero attached hydrogens (tertiary/aromatic N) is 2. The molecule has 1 aromatic rings. The molecular weight excluding hydrogens is 218 g/mol. The van der Waals surface area contributed by atoms with Crippen LogP contribution in [0.25, 0.3) is 0 Å². The van der Waals surface area contributed by atoms with Gasteiger partial charge in [-0.3, -0.25) is 14.9 Å². The molecule has 6 nitrogen and oxygen atoms in total. The zero-order valence-corrected chi connectivity index (χ0v) is 8.63. The molecule has 1 aliphatic heterocycles. The highest BCUT2D eigenvalue weighted by Crippen LogP contribution is 2.15. The molecule has 0 aromatic carbocycles. The summed E-state index contributed by atoms with van der Waals surface area (Å²) in [7, 11) is 0. The van der Waals surface area contributed by atoms with Crippen molar-refractivity contribution >= 4 is 29.2 Å². The van der Waals surface area contributed by atoms with E-state index in [1.54, 1.807) is 6.20 Å². The molecule has 0 bridgehead atoms. The van der Waals surface area contributed by atoms with Gasteiger partial charge in [-0.15, -0.1) is 11.3 Å². The van der Waals surface area contributed by atoms with Gasteiger partial charge in [0.25, 0.3) is 0 Å². The average molecular weight is 225 g/mol. The Hall–Kier alpha value is -1.76. The van der Waals surface area contributed by atoms with E-state index < -0.39 is 17.8 Å². The third-order valence-electron chi connectivity index (χ3n) is 1.87. The van der Waals surface area contributed by atoms with E-state index in [0.717, 1.165) is 9.78 Å². The van der Waals surface area contributed by atoms with Crippen LogP contribution in [0.4, 0.5) is 4.79 Å². The summed E-state index contributed by atoms with van der Waals surface area (Å²) in [5.41, 5.74) is 0. The first-order valence-corrected chi connectivity index (χ1v) is 4.97. The standard InChI is InChI=1S/C8H7N3O3S/c1-4-2-9-5(15-4)3-11-7(13)6(12)10-8(11)14/h2H,3H2,1H3,(H,10,12,14). The lowest BCUT2D eigenvalue weighted by Crippen LogP contribution is -2.30. The van der Waals surface area contributed by atoms with Gasteiger partial charge in [0, 0.05) is 11.1 Å². The number of imide groups is 2. The Kier molecular flexibility index (Phi) is 2.24. The number of amides is 4. The van der Waals surface area contributed by atoms with Gasteiger partial charge < -0.3 is 0 Å². The third-order valence-corrected chi connectivity index (χ3v) is 2.77. The highest BCUT2D eigenvalue weighted by molar-refractivity contribution is 7.11. The molecular formula is C8H7N3O3S. The van der Waals surface area contributed by atoms with Crippen molar-refractivity contribution in [3.05, 3.63) is 16.1 Å². The summed E-state index contributed by atoms with van der Waals surface area (Å²) in [6.07, 6.45) is 1.65. The summed E-state index contributed by atoms with van der Waals surface area (Å²) in [4.78, 5) is 39.0. The Morgan fingerprint density at radius 1 is 1.47 bits per heavy atom. The lowest BCUT2D eigenvalue weighted by molar-refractivity contribution is -0.140. The van der Waals surface area contributed by atoms with Gasteiger partial charge >= 0.3 is 17.8 Å². The van der Waals surface area contributed by atoms with Crippen LogP contribution in [-0.2, 0) is 16.1 Å². The Morgan fingerprint density at radius 2 is 2.20 bits per heavy atom. The van der Waals surface area contributed by atoms with Gasteiger partial charge in [-0.1, -0.05) is 0 Å². The van der Waals surface area contributed by atoms with Crippen LogP contribution in [0.15, 0.2) is 6.20 Å². The fourth-order valence-electron chi connectivity index (χ4n) is 1.19. The van der Waals surface area contributed by atoms with Gasteiger partial charge in [0.2, 0.25) is 0 Å². The van der Waals surface area contributed by atoms with Crippen molar-refractivity contribution in [3.63, 3.8) is 0 Å². The molecule has 7 heteroatoms. The van der Waals surface area contributed by atoms with Crippen LogP contribution in [-0.4, -0.2) is 27.7 Å². The molecule has 0 atom stereocenters. The lowest BCUT2D eigenvalue weighted by Gasteiger charge is -2.07. The minimum Gasteiger partial charge on any atom is -0.269 e. The first kappa shape index (κ1) is 9.78. The fraction of sp³-hybridized carbons (Fsp3) is 0.250. The number of carbonyl (C=O) groups excluding carboxylic acids is 3. The zero-order valence-electron chi connectivity index (χ0n) is 7.81. The SMILES string of the molecule is Cc1cnc(CN2C(=O)NC(=O)C2=O)s1. The van der Waals surface area contributed by atoms with E-state index in [9.17, 15) is 14.4 Å². The number of hydrogen-bond acceptors (Lipinski definition) is 5. The van der Waals surface area contributed by atoms with Gasteiger partial charge in [0.1, 0.15) is 5.01 Å². The number of urea groups is 1. The Bertz CT molecular complexity index is 454. The predicted octanol–water partition coefficient (Wildman–Crippen LogP) is 0.0299. The summed E-state index contributed by atoms with van der Waals surface area (Å²) in [5.74, 6) is -1.71. The second kappa shape index (κ2) is 3.43. The molecule has 1 saturated heterocycles. The van der Waals surface area contributed by atoms with Crippen molar-refractivity contribution in [2.75, 3.05) is 0 Å². The summed E-state index contributed by atoms with van der Waals surface area (Å²) in [6.45, 7) is 1.92. The maximum atomic E-state index is 11.2. The van der Waals surface area contributed by atoms with Gasteiger partial charge in [0.05, 0.1) is 6.54 Å². The molecule has 0 aliphatic carbocycles. The number of nitrogens with one attached hydrogen (secondary N) is 1. The van der Waals surface area contributed by atoms with Crippen LogP contribution in [0.3, 0.4) is 0 Å². The minimum absolute atomic E-state index is 0.0505. The van der Waals surface area contributed by atoms with Crippen LogP contribution < -0.4 is 5.32 Å². The second-order valence-corrected chi connectivity index (χ2v) is 4.33. The zero-order chi connectivity index (χ0) is 11.0. The number of carbonyl (C=O) groups is 3. The van der Waals surface area contributed by atoms with E-state index in [1.807, 2.05) is 12.2 Å². The minimum atomic E-state index is -0.881. The quantitative estimate of drug-likeness (QED) is 0.569. The Morgan fingerprint density at radius 3 is 2.67 bits per heavy atom. The third kappa shape index (κ3) is 1.73. The molecule has 1 N–H and O–H groups in total. The summed E-state index contributed by atoms with van der Waals surface area (Å²) in [5, 5.41) is 2.55. The van der Waals surface area contributed by atoms with Crippen LogP contribution in [0.2, 0.25) is 0 Å². The van der Waals surface area contributed by atoms with Gasteiger partial charge in [-0.05, 0) is 6.92 Å². The maximum absolute atomic E-state index is 11.2. The molecule has 15 heavy (non-hydrogen) atoms. The van der Waals surface area contributed by atoms with Gasteiger partial charge in [-0.2, -0.15) is 0 Å². The molecule has 78 valence electrons. The van der Waals surface area contributed by atoms with Crippen molar-refractivity contribution in [2.24, 2.45) is 0 Å². The largest absolute Gasteiger partial charge is 0.331 e. The van der Waals surface area contributed by atoms with Crippen molar-refractivity contribution in [1.29, 1.82) is 0 Å². The maximum Gasteiger partial charge on any atom is 0.331 e. The molecule has 0 radical (unpaired) electrons. The van der Waals surface area contributed by atoms with Crippen molar-refractivity contribution < 1.29 is 14.4 Å². The van der Waals surface area contributed by atoms with Crippen LogP contribution >= 0.6 is 11.3 Å². The van der Waals surface area contributed by atoms with Crippen LogP contribution in [0.1, 0.15) is 9.88 Å². The molecule has 0 spiro atoms. The molecule has 1 aromatic heterocycles. The smallest absolute Gasteiger partial charge is 0.269 e. The topological polar surface area (TPSA) is 79.4 Å². The molecule has 2 rings (SSSR count). The summed E-state index contributed by atoms with van der Waals surface area (Å²) in [6, 6.07) is -0.683.